The van der Waals surface area contributed by atoms with Crippen LogP contribution in [0.3, 0.4) is 0 Å². The largest absolute Gasteiger partial charge is 0.396 e. The number of hydrogen-bond donors (Lipinski definition) is 2. The number of nitriles is 1. The second-order valence-electron chi connectivity index (χ2n) is 3.20. The lowest BCUT2D eigenvalue weighted by atomic mass is 10.2. The summed E-state index contributed by atoms with van der Waals surface area (Å²) in [6.45, 7) is 4.14. The molecule has 1 heterocycles. The average molecular weight is 190 g/mol. The van der Waals surface area contributed by atoms with Crippen LogP contribution in [0.1, 0.15) is 26.0 Å². The first-order chi connectivity index (χ1) is 6.67. The maximum absolute atomic E-state index is 8.71. The fourth-order valence-electron chi connectivity index (χ4n) is 0.994. The second kappa shape index (κ2) is 4.47. The maximum Gasteiger partial charge on any atom is 0.165 e. The highest BCUT2D eigenvalue weighted by molar-refractivity contribution is 5.54. The third-order valence-corrected chi connectivity index (χ3v) is 2.04. The number of aromatic nitrogens is 1. The monoisotopic (exact) mass is 190 g/mol. The molecule has 0 spiro atoms. The molecule has 1 unspecified atom stereocenters. The van der Waals surface area contributed by atoms with E-state index in [-0.39, 0.29) is 5.69 Å². The first-order valence-corrected chi connectivity index (χ1v) is 4.60. The first-order valence-electron chi connectivity index (χ1n) is 4.60. The highest BCUT2D eigenvalue weighted by atomic mass is 15.0. The Hall–Kier alpha value is -1.76. The van der Waals surface area contributed by atoms with E-state index >= 15 is 0 Å². The predicted octanol–water partition coefficient (Wildman–Crippen LogP) is 1.75. The lowest BCUT2D eigenvalue weighted by Gasteiger charge is -2.12. The van der Waals surface area contributed by atoms with Crippen LogP contribution in [0, 0.1) is 11.3 Å². The van der Waals surface area contributed by atoms with Crippen LogP contribution in [0.25, 0.3) is 0 Å². The van der Waals surface area contributed by atoms with Gasteiger partial charge < -0.3 is 11.1 Å². The van der Waals surface area contributed by atoms with E-state index in [4.69, 9.17) is 11.0 Å². The number of pyridine rings is 1. The van der Waals surface area contributed by atoms with Crippen molar-refractivity contribution in [2.75, 3.05) is 11.1 Å². The van der Waals surface area contributed by atoms with Gasteiger partial charge in [-0.05, 0) is 25.5 Å². The topological polar surface area (TPSA) is 74.7 Å². The van der Waals surface area contributed by atoms with Crippen molar-refractivity contribution in [2.45, 2.75) is 26.3 Å². The Kier molecular flexibility index (Phi) is 3.29. The van der Waals surface area contributed by atoms with Gasteiger partial charge in [-0.15, -0.1) is 0 Å². The molecule has 1 rings (SSSR count). The minimum absolute atomic E-state index is 0.276. The molecule has 0 fully saturated rings. The van der Waals surface area contributed by atoms with Gasteiger partial charge in [-0.2, -0.15) is 5.26 Å². The van der Waals surface area contributed by atoms with E-state index < -0.39 is 0 Å². The summed E-state index contributed by atoms with van der Waals surface area (Å²) in [7, 11) is 0. The van der Waals surface area contributed by atoms with Crippen LogP contribution in [0.15, 0.2) is 12.1 Å². The minimum atomic E-state index is 0.276. The Balaban J connectivity index is 2.86. The van der Waals surface area contributed by atoms with Crippen molar-refractivity contribution >= 4 is 11.5 Å². The molecule has 0 aliphatic carbocycles. The standard InChI is InChI=1S/C10H14N4/c1-3-7(2)13-10-5-4-8(12)9(6-11)14-10/h4-5,7H,3,12H2,1-2H3,(H,13,14). The Morgan fingerprint density at radius 3 is 2.93 bits per heavy atom. The van der Waals surface area contributed by atoms with Crippen LogP contribution in [0.4, 0.5) is 11.5 Å². The molecule has 14 heavy (non-hydrogen) atoms. The summed E-state index contributed by atoms with van der Waals surface area (Å²) in [4.78, 5) is 4.08. The summed E-state index contributed by atoms with van der Waals surface area (Å²) in [6.07, 6.45) is 1.01. The van der Waals surface area contributed by atoms with E-state index in [0.717, 1.165) is 6.42 Å². The SMILES string of the molecule is CCC(C)Nc1ccc(N)c(C#N)n1. The first kappa shape index (κ1) is 10.3. The summed E-state index contributed by atoms with van der Waals surface area (Å²) in [5.74, 6) is 0.699. The maximum atomic E-state index is 8.71. The number of nitrogen functional groups attached to an aromatic ring is 1. The van der Waals surface area contributed by atoms with Crippen molar-refractivity contribution in [1.29, 1.82) is 5.26 Å². The van der Waals surface area contributed by atoms with Crippen LogP contribution < -0.4 is 11.1 Å². The van der Waals surface area contributed by atoms with E-state index in [9.17, 15) is 0 Å². The molecule has 1 aromatic heterocycles. The fraction of sp³-hybridized carbons (Fsp3) is 0.400. The zero-order chi connectivity index (χ0) is 10.6. The third kappa shape index (κ3) is 2.36. The molecular weight excluding hydrogens is 176 g/mol. The fourth-order valence-corrected chi connectivity index (χ4v) is 0.994. The zero-order valence-corrected chi connectivity index (χ0v) is 8.41. The van der Waals surface area contributed by atoms with E-state index in [0.29, 0.717) is 17.5 Å². The highest BCUT2D eigenvalue weighted by Crippen LogP contribution is 2.13. The normalized spacial score (nSPS) is 11.8. The van der Waals surface area contributed by atoms with Crippen LogP contribution in [-0.4, -0.2) is 11.0 Å². The van der Waals surface area contributed by atoms with Crippen LogP contribution in [0.2, 0.25) is 0 Å². The van der Waals surface area contributed by atoms with Gasteiger partial charge in [-0.3, -0.25) is 0 Å². The average Bonchev–Trinajstić information content (AvgIpc) is 2.20. The summed E-state index contributed by atoms with van der Waals surface area (Å²) < 4.78 is 0. The molecule has 0 saturated carbocycles. The Morgan fingerprint density at radius 1 is 1.64 bits per heavy atom. The summed E-state index contributed by atoms with van der Waals surface area (Å²) in [5, 5.41) is 11.9. The molecule has 4 heteroatoms. The van der Waals surface area contributed by atoms with E-state index in [2.05, 4.69) is 24.1 Å². The molecule has 0 aliphatic heterocycles. The van der Waals surface area contributed by atoms with Gasteiger partial charge in [0.05, 0.1) is 5.69 Å². The van der Waals surface area contributed by atoms with Crippen molar-refractivity contribution < 1.29 is 0 Å². The molecular formula is C10H14N4. The quantitative estimate of drug-likeness (QED) is 0.761. The van der Waals surface area contributed by atoms with Gasteiger partial charge in [0.15, 0.2) is 5.69 Å². The van der Waals surface area contributed by atoms with Crippen molar-refractivity contribution in [3.8, 4) is 6.07 Å². The second-order valence-corrected chi connectivity index (χ2v) is 3.20. The van der Waals surface area contributed by atoms with Crippen molar-refractivity contribution in [3.05, 3.63) is 17.8 Å². The Morgan fingerprint density at radius 2 is 2.36 bits per heavy atom. The number of rotatable bonds is 3. The van der Waals surface area contributed by atoms with Gasteiger partial charge >= 0.3 is 0 Å². The van der Waals surface area contributed by atoms with Gasteiger partial charge in [0, 0.05) is 6.04 Å². The van der Waals surface area contributed by atoms with Crippen LogP contribution >= 0.6 is 0 Å². The van der Waals surface area contributed by atoms with Crippen molar-refractivity contribution in [3.63, 3.8) is 0 Å². The summed E-state index contributed by atoms with van der Waals surface area (Å²) >= 11 is 0. The highest BCUT2D eigenvalue weighted by Gasteiger charge is 2.03. The number of nitrogens with one attached hydrogen (secondary N) is 1. The number of anilines is 2. The zero-order valence-electron chi connectivity index (χ0n) is 8.41. The smallest absolute Gasteiger partial charge is 0.165 e. The van der Waals surface area contributed by atoms with Gasteiger partial charge in [0.1, 0.15) is 11.9 Å². The lowest BCUT2D eigenvalue weighted by Crippen LogP contribution is -2.14. The van der Waals surface area contributed by atoms with Crippen LogP contribution in [-0.2, 0) is 0 Å². The molecule has 0 bridgehead atoms. The molecule has 1 atom stereocenters. The molecule has 1 aromatic rings. The molecule has 0 amide bonds. The minimum Gasteiger partial charge on any atom is -0.396 e. The van der Waals surface area contributed by atoms with Gasteiger partial charge in [-0.25, -0.2) is 4.98 Å². The van der Waals surface area contributed by atoms with Crippen LogP contribution in [0.5, 0.6) is 0 Å². The molecule has 0 aliphatic rings. The van der Waals surface area contributed by atoms with Gasteiger partial charge in [-0.1, -0.05) is 6.92 Å². The third-order valence-electron chi connectivity index (χ3n) is 2.04. The Labute approximate surface area is 83.8 Å². The number of nitrogens with zero attached hydrogens (tertiary/aromatic N) is 2. The van der Waals surface area contributed by atoms with Crippen molar-refractivity contribution in [2.24, 2.45) is 0 Å². The van der Waals surface area contributed by atoms with E-state index in [1.54, 1.807) is 12.1 Å². The molecule has 0 aromatic carbocycles. The molecule has 0 radical (unpaired) electrons. The van der Waals surface area contributed by atoms with E-state index in [1.165, 1.54) is 0 Å². The Bertz CT molecular complexity index is 354. The van der Waals surface area contributed by atoms with Gasteiger partial charge in [0.25, 0.3) is 0 Å². The number of nitrogens with two attached hydrogens (primary N) is 1. The molecule has 74 valence electrons. The lowest BCUT2D eigenvalue weighted by molar-refractivity contribution is 0.759. The van der Waals surface area contributed by atoms with Crippen molar-refractivity contribution in [1.82, 2.24) is 4.98 Å². The molecule has 0 saturated heterocycles. The predicted molar refractivity (Wildman–Crippen MR) is 56.7 cm³/mol. The van der Waals surface area contributed by atoms with E-state index in [1.807, 2.05) is 6.07 Å². The van der Waals surface area contributed by atoms with Gasteiger partial charge in [0.2, 0.25) is 0 Å². The molecule has 3 N–H and O–H groups in total. The number of hydrogen-bond acceptors (Lipinski definition) is 4. The summed E-state index contributed by atoms with van der Waals surface area (Å²) in [5.41, 5.74) is 6.25. The summed E-state index contributed by atoms with van der Waals surface area (Å²) in [6, 6.07) is 5.77. The molecule has 4 nitrogen and oxygen atoms in total.